The standard InChI is InChI=1S/C25H24N4O3S/c1-17(18-9-5-3-6-10-18)27-25(30)21-13-20(14-22(15-21)29-33(2,31)32)24-26-16-23(28-24)19-11-7-4-8-12-19/h3-17,29H,1-2H3,(H,26,28)(H,27,30)/t17-/m0/s1. The molecule has 0 bridgehead atoms. The van der Waals surface area contributed by atoms with E-state index in [1.165, 1.54) is 6.07 Å². The molecule has 1 heterocycles. The van der Waals surface area contributed by atoms with Crippen LogP contribution < -0.4 is 10.0 Å². The molecule has 0 saturated carbocycles. The van der Waals surface area contributed by atoms with Gasteiger partial charge in [0.15, 0.2) is 0 Å². The molecule has 0 unspecified atom stereocenters. The number of imidazole rings is 1. The smallest absolute Gasteiger partial charge is 0.251 e. The number of aromatic nitrogens is 2. The lowest BCUT2D eigenvalue weighted by Gasteiger charge is -2.15. The van der Waals surface area contributed by atoms with Gasteiger partial charge in [-0.25, -0.2) is 13.4 Å². The van der Waals surface area contributed by atoms with Crippen molar-refractivity contribution in [3.05, 3.63) is 96.2 Å². The van der Waals surface area contributed by atoms with Crippen LogP contribution in [0.4, 0.5) is 5.69 Å². The highest BCUT2D eigenvalue weighted by molar-refractivity contribution is 7.92. The number of nitrogens with zero attached hydrogens (tertiary/aromatic N) is 1. The number of hydrogen-bond donors (Lipinski definition) is 3. The normalized spacial score (nSPS) is 12.2. The number of sulfonamides is 1. The number of carbonyl (C=O) groups is 1. The van der Waals surface area contributed by atoms with Gasteiger partial charge in [0.2, 0.25) is 10.0 Å². The fourth-order valence-corrected chi connectivity index (χ4v) is 4.05. The summed E-state index contributed by atoms with van der Waals surface area (Å²) in [6.07, 6.45) is 2.77. The van der Waals surface area contributed by atoms with Crippen LogP contribution in [0.15, 0.2) is 85.1 Å². The quantitative estimate of drug-likeness (QED) is 0.375. The molecule has 0 spiro atoms. The van der Waals surface area contributed by atoms with E-state index in [0.717, 1.165) is 23.1 Å². The summed E-state index contributed by atoms with van der Waals surface area (Å²) >= 11 is 0. The Morgan fingerprint density at radius 2 is 1.61 bits per heavy atom. The first-order valence-corrected chi connectivity index (χ1v) is 12.3. The van der Waals surface area contributed by atoms with Crippen molar-refractivity contribution in [2.45, 2.75) is 13.0 Å². The lowest BCUT2D eigenvalue weighted by Crippen LogP contribution is -2.26. The van der Waals surface area contributed by atoms with Gasteiger partial charge in [0.1, 0.15) is 5.82 Å². The minimum absolute atomic E-state index is 0.220. The van der Waals surface area contributed by atoms with Crippen molar-refractivity contribution >= 4 is 21.6 Å². The second-order valence-corrected chi connectivity index (χ2v) is 9.54. The van der Waals surface area contributed by atoms with E-state index in [1.54, 1.807) is 18.3 Å². The summed E-state index contributed by atoms with van der Waals surface area (Å²) in [6, 6.07) is 24.0. The number of anilines is 1. The van der Waals surface area contributed by atoms with Gasteiger partial charge in [-0.1, -0.05) is 60.7 Å². The number of carbonyl (C=O) groups excluding carboxylic acids is 1. The van der Waals surface area contributed by atoms with Gasteiger partial charge >= 0.3 is 0 Å². The number of rotatable bonds is 7. The molecule has 1 atom stereocenters. The second-order valence-electron chi connectivity index (χ2n) is 7.79. The minimum Gasteiger partial charge on any atom is -0.346 e. The SMILES string of the molecule is C[C@H](NC(=O)c1cc(NS(C)(=O)=O)cc(-c2ncc(-c3ccccc3)[nH]2)c1)c1ccccc1. The Hall–Kier alpha value is -3.91. The predicted octanol–water partition coefficient (Wildman–Crippen LogP) is 4.61. The summed E-state index contributed by atoms with van der Waals surface area (Å²) in [6.45, 7) is 1.89. The molecule has 4 rings (SSSR count). The van der Waals surface area contributed by atoms with Crippen LogP contribution in [0.5, 0.6) is 0 Å². The Bertz CT molecular complexity index is 1370. The van der Waals surface area contributed by atoms with Crippen molar-refractivity contribution in [2.24, 2.45) is 0 Å². The molecule has 1 amide bonds. The first kappa shape index (κ1) is 22.3. The van der Waals surface area contributed by atoms with Gasteiger partial charge in [-0.3, -0.25) is 9.52 Å². The molecule has 0 aliphatic rings. The maximum atomic E-state index is 13.0. The number of amides is 1. The molecule has 3 aromatic carbocycles. The van der Waals surface area contributed by atoms with Gasteiger partial charge in [0.25, 0.3) is 5.91 Å². The Kier molecular flexibility index (Phi) is 6.28. The topological polar surface area (TPSA) is 104 Å². The molecule has 0 saturated heterocycles. The Morgan fingerprint density at radius 1 is 0.939 bits per heavy atom. The summed E-state index contributed by atoms with van der Waals surface area (Å²) in [5.74, 6) is 0.204. The van der Waals surface area contributed by atoms with E-state index in [2.05, 4.69) is 20.0 Å². The molecule has 8 heteroatoms. The van der Waals surface area contributed by atoms with Crippen LogP contribution in [0.2, 0.25) is 0 Å². The van der Waals surface area contributed by atoms with Crippen molar-refractivity contribution < 1.29 is 13.2 Å². The molecule has 0 fully saturated rings. The summed E-state index contributed by atoms with van der Waals surface area (Å²) in [4.78, 5) is 20.7. The zero-order chi connectivity index (χ0) is 23.4. The molecule has 7 nitrogen and oxygen atoms in total. The largest absolute Gasteiger partial charge is 0.346 e. The Balaban J connectivity index is 1.68. The van der Waals surface area contributed by atoms with Crippen molar-refractivity contribution in [2.75, 3.05) is 11.0 Å². The van der Waals surface area contributed by atoms with Gasteiger partial charge in [-0.15, -0.1) is 0 Å². The van der Waals surface area contributed by atoms with Crippen LogP contribution in [0.1, 0.15) is 28.9 Å². The van der Waals surface area contributed by atoms with Gasteiger partial charge in [0, 0.05) is 16.8 Å². The van der Waals surface area contributed by atoms with E-state index in [4.69, 9.17) is 0 Å². The lowest BCUT2D eigenvalue weighted by atomic mass is 10.1. The van der Waals surface area contributed by atoms with Crippen LogP contribution in [0, 0.1) is 0 Å². The highest BCUT2D eigenvalue weighted by Gasteiger charge is 2.16. The average molecular weight is 461 g/mol. The van der Waals surface area contributed by atoms with Gasteiger partial charge < -0.3 is 10.3 Å². The molecule has 0 aliphatic heterocycles. The first-order chi connectivity index (χ1) is 15.8. The second kappa shape index (κ2) is 9.30. The van der Waals surface area contributed by atoms with Crippen molar-refractivity contribution in [3.63, 3.8) is 0 Å². The van der Waals surface area contributed by atoms with E-state index in [-0.39, 0.29) is 17.6 Å². The van der Waals surface area contributed by atoms with Crippen LogP contribution >= 0.6 is 0 Å². The summed E-state index contributed by atoms with van der Waals surface area (Å²) in [5.41, 5.74) is 3.94. The van der Waals surface area contributed by atoms with Crippen LogP contribution in [-0.4, -0.2) is 30.5 Å². The van der Waals surface area contributed by atoms with E-state index in [9.17, 15) is 13.2 Å². The number of nitrogens with one attached hydrogen (secondary N) is 3. The highest BCUT2D eigenvalue weighted by atomic mass is 32.2. The van der Waals surface area contributed by atoms with E-state index >= 15 is 0 Å². The summed E-state index contributed by atoms with van der Waals surface area (Å²) < 4.78 is 26.2. The van der Waals surface area contributed by atoms with Crippen molar-refractivity contribution in [1.29, 1.82) is 0 Å². The monoisotopic (exact) mass is 460 g/mol. The third-order valence-electron chi connectivity index (χ3n) is 5.08. The molecular weight excluding hydrogens is 436 g/mol. The van der Waals surface area contributed by atoms with Crippen molar-refractivity contribution in [1.82, 2.24) is 15.3 Å². The van der Waals surface area contributed by atoms with E-state index < -0.39 is 10.0 Å². The third kappa shape index (κ3) is 5.67. The van der Waals surface area contributed by atoms with Gasteiger partial charge in [0.05, 0.1) is 24.2 Å². The molecule has 4 aromatic rings. The summed E-state index contributed by atoms with van der Waals surface area (Å²) in [5, 5.41) is 2.97. The Labute approximate surface area is 193 Å². The minimum atomic E-state index is -3.53. The maximum absolute atomic E-state index is 13.0. The number of hydrogen-bond acceptors (Lipinski definition) is 4. The lowest BCUT2D eigenvalue weighted by molar-refractivity contribution is 0.0940. The average Bonchev–Trinajstić information content (AvgIpc) is 3.29. The fourth-order valence-electron chi connectivity index (χ4n) is 3.51. The van der Waals surface area contributed by atoms with Gasteiger partial charge in [-0.05, 0) is 36.2 Å². The molecule has 0 aliphatic carbocycles. The first-order valence-electron chi connectivity index (χ1n) is 10.4. The van der Waals surface area contributed by atoms with E-state index in [0.29, 0.717) is 17.0 Å². The van der Waals surface area contributed by atoms with Crippen LogP contribution in [0.3, 0.4) is 0 Å². The third-order valence-corrected chi connectivity index (χ3v) is 5.69. The molecule has 33 heavy (non-hydrogen) atoms. The molecule has 3 N–H and O–H groups in total. The van der Waals surface area contributed by atoms with E-state index in [1.807, 2.05) is 67.6 Å². The zero-order valence-electron chi connectivity index (χ0n) is 18.2. The van der Waals surface area contributed by atoms with Crippen LogP contribution in [0.25, 0.3) is 22.6 Å². The Morgan fingerprint density at radius 3 is 2.27 bits per heavy atom. The van der Waals surface area contributed by atoms with Crippen LogP contribution in [-0.2, 0) is 10.0 Å². The molecular formula is C25H24N4O3S. The predicted molar refractivity (Wildman–Crippen MR) is 130 cm³/mol. The number of benzene rings is 3. The molecule has 168 valence electrons. The van der Waals surface area contributed by atoms with Crippen molar-refractivity contribution in [3.8, 4) is 22.6 Å². The molecule has 1 aromatic heterocycles. The number of aromatic amines is 1. The molecule has 0 radical (unpaired) electrons. The summed E-state index contributed by atoms with van der Waals surface area (Å²) in [7, 11) is -3.53. The number of H-pyrrole nitrogens is 1. The maximum Gasteiger partial charge on any atom is 0.251 e. The zero-order valence-corrected chi connectivity index (χ0v) is 19.1. The highest BCUT2D eigenvalue weighted by Crippen LogP contribution is 2.26. The fraction of sp³-hybridized carbons (Fsp3) is 0.120. The van der Waals surface area contributed by atoms with Gasteiger partial charge in [-0.2, -0.15) is 0 Å².